The summed E-state index contributed by atoms with van der Waals surface area (Å²) < 4.78 is 6.61. The molecule has 0 bridgehead atoms. The zero-order valence-corrected chi connectivity index (χ0v) is 19.8. The van der Waals surface area contributed by atoms with E-state index in [0.717, 1.165) is 35.6 Å². The molecule has 1 amide bonds. The molecule has 1 saturated heterocycles. The van der Waals surface area contributed by atoms with Crippen LogP contribution < -0.4 is 5.32 Å². The molecule has 1 N–H and O–H groups in total. The molecule has 1 aromatic heterocycles. The van der Waals surface area contributed by atoms with Crippen LogP contribution in [-0.2, 0) is 16.0 Å². The SMILES string of the molecule is COC(=O)CCc1c(C)nn(-c2ccc(C(=O)NCCCN3CCCCC3C)cc2)c1C. The number of amides is 1. The third-order valence-corrected chi connectivity index (χ3v) is 6.47. The average molecular weight is 441 g/mol. The van der Waals surface area contributed by atoms with Gasteiger partial charge in [0.1, 0.15) is 0 Å². The Hall–Kier alpha value is -2.67. The smallest absolute Gasteiger partial charge is 0.305 e. The third kappa shape index (κ3) is 5.97. The molecule has 1 unspecified atom stereocenters. The van der Waals surface area contributed by atoms with Gasteiger partial charge in [-0.15, -0.1) is 0 Å². The van der Waals surface area contributed by atoms with E-state index in [2.05, 4.69) is 22.2 Å². The van der Waals surface area contributed by atoms with E-state index in [4.69, 9.17) is 4.74 Å². The number of benzene rings is 1. The molecule has 2 aromatic rings. The Kier molecular flexibility index (Phi) is 8.45. The molecule has 32 heavy (non-hydrogen) atoms. The number of hydrogen-bond acceptors (Lipinski definition) is 5. The molecule has 7 heteroatoms. The molecular weight excluding hydrogens is 404 g/mol. The Balaban J connectivity index is 1.54. The largest absolute Gasteiger partial charge is 0.469 e. The molecule has 1 aromatic carbocycles. The van der Waals surface area contributed by atoms with Crippen molar-refractivity contribution in [3.8, 4) is 5.69 Å². The molecule has 1 fully saturated rings. The van der Waals surface area contributed by atoms with Gasteiger partial charge >= 0.3 is 5.97 Å². The standard InChI is InChI=1S/C25H36N4O3/c1-18-8-5-6-16-28(18)17-7-15-26-25(31)21-9-11-22(12-10-21)29-20(3)23(19(2)27-29)13-14-24(30)32-4/h9-12,18H,5-8,13-17H2,1-4H3,(H,26,31). The Morgan fingerprint density at radius 2 is 1.94 bits per heavy atom. The van der Waals surface area contributed by atoms with E-state index < -0.39 is 0 Å². The topological polar surface area (TPSA) is 76.5 Å². The highest BCUT2D eigenvalue weighted by molar-refractivity contribution is 5.94. The molecule has 0 aliphatic carbocycles. The van der Waals surface area contributed by atoms with Crippen LogP contribution in [-0.4, -0.2) is 59.3 Å². The van der Waals surface area contributed by atoms with E-state index in [1.165, 1.54) is 32.9 Å². The monoisotopic (exact) mass is 440 g/mol. The average Bonchev–Trinajstić information content (AvgIpc) is 3.09. The molecule has 3 rings (SSSR count). The number of likely N-dealkylation sites (tertiary alicyclic amines) is 1. The number of esters is 1. The van der Waals surface area contributed by atoms with Gasteiger partial charge in [-0.3, -0.25) is 9.59 Å². The van der Waals surface area contributed by atoms with Crippen LogP contribution in [0.3, 0.4) is 0 Å². The lowest BCUT2D eigenvalue weighted by atomic mass is 10.0. The Labute approximate surface area is 191 Å². The van der Waals surface area contributed by atoms with Crippen LogP contribution in [0.1, 0.15) is 66.3 Å². The van der Waals surface area contributed by atoms with E-state index in [0.29, 0.717) is 31.0 Å². The fourth-order valence-corrected chi connectivity index (χ4v) is 4.45. The van der Waals surface area contributed by atoms with Gasteiger partial charge in [-0.2, -0.15) is 5.10 Å². The minimum atomic E-state index is -0.225. The van der Waals surface area contributed by atoms with Crippen molar-refractivity contribution in [2.75, 3.05) is 26.7 Å². The first-order valence-electron chi connectivity index (χ1n) is 11.6. The van der Waals surface area contributed by atoms with Crippen LogP contribution in [0.25, 0.3) is 5.69 Å². The van der Waals surface area contributed by atoms with Gasteiger partial charge < -0.3 is 15.0 Å². The highest BCUT2D eigenvalue weighted by Gasteiger charge is 2.18. The zero-order valence-electron chi connectivity index (χ0n) is 19.8. The first-order chi connectivity index (χ1) is 15.4. The lowest BCUT2D eigenvalue weighted by molar-refractivity contribution is -0.140. The molecular formula is C25H36N4O3. The summed E-state index contributed by atoms with van der Waals surface area (Å²) in [6.45, 7) is 9.14. The molecule has 0 spiro atoms. The quantitative estimate of drug-likeness (QED) is 0.476. The maximum Gasteiger partial charge on any atom is 0.305 e. The molecule has 1 aliphatic rings. The first kappa shape index (κ1) is 24.0. The lowest BCUT2D eigenvalue weighted by Crippen LogP contribution is -2.39. The van der Waals surface area contributed by atoms with Gasteiger partial charge in [0.05, 0.1) is 18.5 Å². The van der Waals surface area contributed by atoms with Crippen molar-refractivity contribution in [1.82, 2.24) is 20.0 Å². The molecule has 1 atom stereocenters. The molecule has 0 saturated carbocycles. The molecule has 174 valence electrons. The van der Waals surface area contributed by atoms with Gasteiger partial charge in [-0.25, -0.2) is 4.68 Å². The Bertz CT molecular complexity index is 920. The van der Waals surface area contributed by atoms with Crippen LogP contribution >= 0.6 is 0 Å². The van der Waals surface area contributed by atoms with Crippen molar-refractivity contribution in [1.29, 1.82) is 0 Å². The van der Waals surface area contributed by atoms with Gasteiger partial charge in [0.25, 0.3) is 5.91 Å². The fraction of sp³-hybridized carbons (Fsp3) is 0.560. The predicted octanol–water partition coefficient (Wildman–Crippen LogP) is 3.59. The molecule has 2 heterocycles. The predicted molar refractivity (Wildman–Crippen MR) is 125 cm³/mol. The number of hydrogen-bond donors (Lipinski definition) is 1. The van der Waals surface area contributed by atoms with Crippen LogP contribution in [0.15, 0.2) is 24.3 Å². The van der Waals surface area contributed by atoms with Crippen molar-refractivity contribution >= 4 is 11.9 Å². The Morgan fingerprint density at radius 1 is 1.19 bits per heavy atom. The summed E-state index contributed by atoms with van der Waals surface area (Å²) in [5.41, 5.74) is 4.49. The number of piperidine rings is 1. The van der Waals surface area contributed by atoms with Gasteiger partial charge in [-0.1, -0.05) is 6.42 Å². The number of aryl methyl sites for hydroxylation is 1. The minimum Gasteiger partial charge on any atom is -0.469 e. The Morgan fingerprint density at radius 3 is 2.62 bits per heavy atom. The number of ether oxygens (including phenoxy) is 1. The zero-order chi connectivity index (χ0) is 23.1. The second-order valence-electron chi connectivity index (χ2n) is 8.67. The maximum atomic E-state index is 12.5. The summed E-state index contributed by atoms with van der Waals surface area (Å²) in [4.78, 5) is 26.5. The maximum absolute atomic E-state index is 12.5. The number of nitrogens with one attached hydrogen (secondary N) is 1. The molecule has 0 radical (unpaired) electrons. The van der Waals surface area contributed by atoms with Crippen molar-refractivity contribution in [3.63, 3.8) is 0 Å². The number of carbonyl (C=O) groups excluding carboxylic acids is 2. The third-order valence-electron chi connectivity index (χ3n) is 6.47. The highest BCUT2D eigenvalue weighted by Crippen LogP contribution is 2.20. The first-order valence-corrected chi connectivity index (χ1v) is 11.6. The summed E-state index contributed by atoms with van der Waals surface area (Å²) in [6.07, 6.45) is 5.79. The second-order valence-corrected chi connectivity index (χ2v) is 8.67. The van der Waals surface area contributed by atoms with Gasteiger partial charge in [-0.05, 0) is 82.8 Å². The number of methoxy groups -OCH3 is 1. The second kappa shape index (κ2) is 11.3. The van der Waals surface area contributed by atoms with E-state index >= 15 is 0 Å². The van der Waals surface area contributed by atoms with Crippen molar-refractivity contribution in [3.05, 3.63) is 46.8 Å². The summed E-state index contributed by atoms with van der Waals surface area (Å²) >= 11 is 0. The number of rotatable bonds is 9. The van der Waals surface area contributed by atoms with E-state index in [-0.39, 0.29) is 11.9 Å². The number of aromatic nitrogens is 2. The van der Waals surface area contributed by atoms with Crippen LogP contribution in [0.5, 0.6) is 0 Å². The van der Waals surface area contributed by atoms with Gasteiger partial charge in [0.2, 0.25) is 0 Å². The lowest BCUT2D eigenvalue weighted by Gasteiger charge is -2.33. The van der Waals surface area contributed by atoms with Crippen LogP contribution in [0, 0.1) is 13.8 Å². The number of carbonyl (C=O) groups is 2. The summed E-state index contributed by atoms with van der Waals surface area (Å²) in [6, 6.07) is 8.15. The van der Waals surface area contributed by atoms with Crippen molar-refractivity contribution in [2.24, 2.45) is 0 Å². The van der Waals surface area contributed by atoms with Crippen LogP contribution in [0.2, 0.25) is 0 Å². The fourth-order valence-electron chi connectivity index (χ4n) is 4.45. The van der Waals surface area contributed by atoms with E-state index in [9.17, 15) is 9.59 Å². The van der Waals surface area contributed by atoms with Crippen LogP contribution in [0.4, 0.5) is 0 Å². The summed E-state index contributed by atoms with van der Waals surface area (Å²) in [7, 11) is 1.40. The normalized spacial score (nSPS) is 16.7. The van der Waals surface area contributed by atoms with E-state index in [1.54, 1.807) is 0 Å². The van der Waals surface area contributed by atoms with Gasteiger partial charge in [0.15, 0.2) is 0 Å². The minimum absolute atomic E-state index is 0.0459. The summed E-state index contributed by atoms with van der Waals surface area (Å²) in [5.74, 6) is -0.271. The molecule has 7 nitrogen and oxygen atoms in total. The number of nitrogens with zero attached hydrogens (tertiary/aromatic N) is 3. The highest BCUT2D eigenvalue weighted by atomic mass is 16.5. The van der Waals surface area contributed by atoms with Crippen molar-refractivity contribution in [2.45, 2.75) is 65.3 Å². The van der Waals surface area contributed by atoms with Gasteiger partial charge in [0, 0.05) is 36.8 Å². The van der Waals surface area contributed by atoms with Crippen molar-refractivity contribution < 1.29 is 14.3 Å². The van der Waals surface area contributed by atoms with E-state index in [1.807, 2.05) is 42.8 Å². The molecule has 1 aliphatic heterocycles. The summed E-state index contributed by atoms with van der Waals surface area (Å²) in [5, 5.41) is 7.67.